The van der Waals surface area contributed by atoms with Crippen molar-refractivity contribution in [3.8, 4) is 0 Å². The Morgan fingerprint density at radius 3 is 2.50 bits per heavy atom. The second-order valence-corrected chi connectivity index (χ2v) is 3.74. The average molecular weight is 193 g/mol. The van der Waals surface area contributed by atoms with Crippen LogP contribution in [0.1, 0.15) is 17.2 Å². The molecule has 0 fully saturated rings. The monoisotopic (exact) mass is 193 g/mol. The predicted molar refractivity (Wildman–Crippen MR) is 51.7 cm³/mol. The van der Waals surface area contributed by atoms with Crippen LogP contribution in [0.5, 0.6) is 0 Å². The van der Waals surface area contributed by atoms with Crippen LogP contribution in [0.4, 0.5) is 0 Å². The summed E-state index contributed by atoms with van der Waals surface area (Å²) in [5.41, 5.74) is 1.86. The van der Waals surface area contributed by atoms with E-state index in [1.165, 1.54) is 0 Å². The standard InChI is InChI=1S/C11H15NO2/c1-8-5-4-6-9(7-8)10(11(13)14)12(2)3/h4-7,10H,1-3H3,(H,13,14)/t10-/m0/s1. The molecule has 0 aliphatic rings. The van der Waals surface area contributed by atoms with Crippen LogP contribution in [0.15, 0.2) is 24.3 Å². The first-order valence-corrected chi connectivity index (χ1v) is 4.60. The highest BCUT2D eigenvalue weighted by molar-refractivity contribution is 5.71. The van der Waals surface area contributed by atoms with Crippen LogP contribution >= 0.6 is 0 Å². The van der Waals surface area contributed by atoms with Crippen molar-refractivity contribution in [2.24, 2.45) is 0 Å². The molecular weight excluding hydrogens is 178 g/mol. The van der Waals surface area contributed by atoms with Crippen molar-refractivity contribution in [2.45, 2.75) is 13.0 Å². The highest BCUT2D eigenvalue weighted by atomic mass is 16.4. The predicted octanol–water partition coefficient (Wildman–Crippen LogP) is -1.07. The first-order chi connectivity index (χ1) is 6.52. The van der Waals surface area contributed by atoms with E-state index in [2.05, 4.69) is 0 Å². The first-order valence-electron chi connectivity index (χ1n) is 4.60. The zero-order chi connectivity index (χ0) is 10.7. The Morgan fingerprint density at radius 1 is 1.43 bits per heavy atom. The summed E-state index contributed by atoms with van der Waals surface area (Å²) in [4.78, 5) is 11.8. The fourth-order valence-corrected chi connectivity index (χ4v) is 1.55. The topological polar surface area (TPSA) is 44.6 Å². The zero-order valence-electron chi connectivity index (χ0n) is 8.70. The zero-order valence-corrected chi connectivity index (χ0v) is 8.70. The second kappa shape index (κ2) is 4.24. The minimum absolute atomic E-state index is 0.588. The van der Waals surface area contributed by atoms with E-state index < -0.39 is 12.0 Å². The van der Waals surface area contributed by atoms with Gasteiger partial charge in [-0.05, 0) is 13.0 Å². The third-order valence-corrected chi connectivity index (χ3v) is 2.19. The van der Waals surface area contributed by atoms with Crippen molar-refractivity contribution >= 4 is 5.97 Å². The Bertz CT molecular complexity index is 334. The Kier molecular flexibility index (Phi) is 3.25. The molecule has 0 amide bonds. The summed E-state index contributed by atoms with van der Waals surface area (Å²) in [6.45, 7) is 1.95. The Balaban J connectivity index is 3.05. The van der Waals surface area contributed by atoms with Crippen LogP contribution in [-0.2, 0) is 4.79 Å². The lowest BCUT2D eigenvalue weighted by molar-refractivity contribution is -0.885. The van der Waals surface area contributed by atoms with E-state index in [0.717, 1.165) is 16.0 Å². The molecule has 1 atom stereocenters. The number of likely N-dealkylation sites (N-methyl/N-ethyl adjacent to an activating group) is 1. The molecule has 14 heavy (non-hydrogen) atoms. The van der Waals surface area contributed by atoms with E-state index in [1.807, 2.05) is 45.3 Å². The molecule has 0 radical (unpaired) electrons. The lowest BCUT2D eigenvalue weighted by Gasteiger charge is -2.22. The number of benzene rings is 1. The van der Waals surface area contributed by atoms with E-state index in [0.29, 0.717) is 0 Å². The average Bonchev–Trinajstić information content (AvgIpc) is 2.02. The molecule has 1 aromatic carbocycles. The Labute approximate surface area is 84.0 Å². The van der Waals surface area contributed by atoms with E-state index in [9.17, 15) is 9.90 Å². The normalized spacial score (nSPS) is 12.9. The number of rotatable bonds is 3. The molecule has 0 saturated heterocycles. The van der Waals surface area contributed by atoms with Crippen LogP contribution in [0.2, 0.25) is 0 Å². The van der Waals surface area contributed by atoms with Crippen molar-refractivity contribution in [1.29, 1.82) is 0 Å². The van der Waals surface area contributed by atoms with E-state index in [1.54, 1.807) is 0 Å². The molecule has 0 aromatic heterocycles. The molecule has 0 spiro atoms. The molecule has 3 nitrogen and oxygen atoms in total. The van der Waals surface area contributed by atoms with Gasteiger partial charge in [0.05, 0.1) is 14.1 Å². The van der Waals surface area contributed by atoms with Gasteiger partial charge in [-0.1, -0.05) is 23.8 Å². The van der Waals surface area contributed by atoms with Gasteiger partial charge < -0.3 is 14.8 Å². The fraction of sp³-hybridized carbons (Fsp3) is 0.364. The van der Waals surface area contributed by atoms with E-state index in [4.69, 9.17) is 0 Å². The number of carboxylic acids is 1. The van der Waals surface area contributed by atoms with Gasteiger partial charge >= 0.3 is 0 Å². The third-order valence-electron chi connectivity index (χ3n) is 2.19. The van der Waals surface area contributed by atoms with Gasteiger partial charge in [0.15, 0.2) is 6.04 Å². The van der Waals surface area contributed by atoms with Crippen LogP contribution < -0.4 is 10.0 Å². The maximum atomic E-state index is 10.9. The van der Waals surface area contributed by atoms with Crippen LogP contribution in [0, 0.1) is 6.92 Å². The molecule has 1 aromatic rings. The molecule has 76 valence electrons. The highest BCUT2D eigenvalue weighted by Crippen LogP contribution is 2.10. The lowest BCUT2D eigenvalue weighted by Crippen LogP contribution is -3.07. The smallest absolute Gasteiger partial charge is 0.153 e. The van der Waals surface area contributed by atoms with Gasteiger partial charge in [-0.3, -0.25) is 0 Å². The minimum Gasteiger partial charge on any atom is -0.544 e. The highest BCUT2D eigenvalue weighted by Gasteiger charge is 2.18. The number of carbonyl (C=O) groups excluding carboxylic acids is 1. The van der Waals surface area contributed by atoms with Gasteiger partial charge in [-0.2, -0.15) is 0 Å². The number of carboxylic acid groups (broad SMARTS) is 1. The van der Waals surface area contributed by atoms with E-state index in [-0.39, 0.29) is 0 Å². The molecule has 1 rings (SSSR count). The summed E-state index contributed by atoms with van der Waals surface area (Å²) in [6, 6.07) is 6.92. The molecule has 0 aliphatic carbocycles. The van der Waals surface area contributed by atoms with Crippen LogP contribution in [-0.4, -0.2) is 20.1 Å². The summed E-state index contributed by atoms with van der Waals surface area (Å²) in [6.07, 6.45) is 0. The van der Waals surface area contributed by atoms with Crippen molar-refractivity contribution in [3.63, 3.8) is 0 Å². The Morgan fingerprint density at radius 2 is 2.07 bits per heavy atom. The van der Waals surface area contributed by atoms with Crippen LogP contribution in [0.3, 0.4) is 0 Å². The van der Waals surface area contributed by atoms with E-state index >= 15 is 0 Å². The quantitative estimate of drug-likeness (QED) is 0.664. The number of hydrogen-bond acceptors (Lipinski definition) is 2. The first kappa shape index (κ1) is 10.7. The van der Waals surface area contributed by atoms with Gasteiger partial charge in [0.25, 0.3) is 0 Å². The number of aryl methyl sites for hydroxylation is 1. The van der Waals surface area contributed by atoms with Gasteiger partial charge in [-0.15, -0.1) is 0 Å². The Hall–Kier alpha value is -1.35. The van der Waals surface area contributed by atoms with Gasteiger partial charge in [-0.25, -0.2) is 0 Å². The van der Waals surface area contributed by atoms with Crippen molar-refractivity contribution in [3.05, 3.63) is 35.4 Å². The second-order valence-electron chi connectivity index (χ2n) is 3.74. The summed E-state index contributed by atoms with van der Waals surface area (Å²) in [5, 5.41) is 10.9. The summed E-state index contributed by atoms with van der Waals surface area (Å²) >= 11 is 0. The lowest BCUT2D eigenvalue weighted by atomic mass is 10.0. The molecular formula is C11H15NO2. The molecule has 0 heterocycles. The number of hydrogen-bond donors (Lipinski definition) is 1. The molecule has 0 unspecified atom stereocenters. The molecule has 0 bridgehead atoms. The van der Waals surface area contributed by atoms with Crippen molar-refractivity contribution < 1.29 is 14.8 Å². The fourth-order valence-electron chi connectivity index (χ4n) is 1.55. The van der Waals surface area contributed by atoms with Gasteiger partial charge in [0.1, 0.15) is 5.97 Å². The summed E-state index contributed by atoms with van der Waals surface area (Å²) < 4.78 is 0. The number of quaternary nitrogens is 1. The van der Waals surface area contributed by atoms with Crippen LogP contribution in [0.25, 0.3) is 0 Å². The minimum atomic E-state index is -1.03. The molecule has 0 aliphatic heterocycles. The van der Waals surface area contributed by atoms with Gasteiger partial charge in [0.2, 0.25) is 0 Å². The maximum absolute atomic E-state index is 10.9. The molecule has 3 heteroatoms. The number of carbonyl (C=O) groups is 1. The molecule has 1 N–H and O–H groups in total. The van der Waals surface area contributed by atoms with Gasteiger partial charge in [0, 0.05) is 5.56 Å². The maximum Gasteiger partial charge on any atom is 0.153 e. The number of aliphatic carboxylic acids is 1. The SMILES string of the molecule is Cc1cccc([C@@H](C(=O)[O-])[NH+](C)C)c1. The third kappa shape index (κ3) is 2.33. The summed E-state index contributed by atoms with van der Waals surface area (Å²) in [5.74, 6) is -1.03. The largest absolute Gasteiger partial charge is 0.544 e. The summed E-state index contributed by atoms with van der Waals surface area (Å²) in [7, 11) is 3.62. The van der Waals surface area contributed by atoms with Crippen molar-refractivity contribution in [2.75, 3.05) is 14.1 Å². The van der Waals surface area contributed by atoms with Crippen molar-refractivity contribution in [1.82, 2.24) is 0 Å². The molecule has 0 saturated carbocycles. The number of nitrogens with one attached hydrogen (secondary N) is 1.